The summed E-state index contributed by atoms with van der Waals surface area (Å²) < 4.78 is 25.7. The number of halogens is 2. The van der Waals surface area contributed by atoms with Crippen molar-refractivity contribution in [2.75, 3.05) is 6.54 Å². The van der Waals surface area contributed by atoms with Gasteiger partial charge >= 0.3 is 0 Å². The maximum atomic E-state index is 12.9. The Balaban J connectivity index is 1.78. The first-order valence-electron chi connectivity index (χ1n) is 8.45. The molecule has 1 amide bonds. The molecule has 2 heterocycles. The number of hydrogen-bond acceptors (Lipinski definition) is 6. The van der Waals surface area contributed by atoms with E-state index >= 15 is 0 Å². The summed E-state index contributed by atoms with van der Waals surface area (Å²) in [7, 11) is 0. The van der Waals surface area contributed by atoms with Crippen LogP contribution in [0.1, 0.15) is 44.7 Å². The van der Waals surface area contributed by atoms with E-state index in [1.54, 1.807) is 37.6 Å². The van der Waals surface area contributed by atoms with E-state index in [0.717, 1.165) is 11.8 Å². The minimum absolute atomic E-state index is 0.0307. The summed E-state index contributed by atoms with van der Waals surface area (Å²) in [6.45, 7) is 3.58. The standard InChI is InChI=1S/C19H18F2N4O2S/c1-10-3-4-12(18-22-6-5-14(25-18)17(20)21)7-13(10)19(27)23-8-15(26)16-11(2)24-9-28-16/h3-7,9,15,17,26H,8H2,1-2H3,(H,23,27)/t15-/m1/s1. The number of thiazole rings is 1. The first kappa shape index (κ1) is 20.0. The average molecular weight is 404 g/mol. The Morgan fingerprint density at radius 2 is 2.04 bits per heavy atom. The predicted molar refractivity (Wildman–Crippen MR) is 101 cm³/mol. The Morgan fingerprint density at radius 3 is 2.71 bits per heavy atom. The van der Waals surface area contributed by atoms with E-state index < -0.39 is 12.5 Å². The molecule has 0 saturated heterocycles. The minimum atomic E-state index is -2.70. The molecule has 0 aliphatic carbocycles. The predicted octanol–water partition coefficient (Wildman–Crippen LogP) is 3.62. The SMILES string of the molecule is Cc1ccc(-c2nccc(C(F)F)n2)cc1C(=O)NC[C@@H](O)c1scnc1C. The second kappa shape index (κ2) is 8.49. The molecule has 0 unspecified atom stereocenters. The van der Waals surface area contributed by atoms with Gasteiger partial charge in [0, 0.05) is 23.9 Å². The highest BCUT2D eigenvalue weighted by Gasteiger charge is 2.17. The van der Waals surface area contributed by atoms with Gasteiger partial charge in [0.2, 0.25) is 0 Å². The molecule has 28 heavy (non-hydrogen) atoms. The van der Waals surface area contributed by atoms with E-state index in [1.807, 2.05) is 0 Å². The zero-order chi connectivity index (χ0) is 20.3. The van der Waals surface area contributed by atoms with Gasteiger partial charge in [-0.3, -0.25) is 4.79 Å². The molecule has 0 aliphatic rings. The van der Waals surface area contributed by atoms with Crippen LogP contribution in [0.5, 0.6) is 0 Å². The van der Waals surface area contributed by atoms with E-state index in [9.17, 15) is 18.7 Å². The van der Waals surface area contributed by atoms with Crippen LogP contribution < -0.4 is 5.32 Å². The smallest absolute Gasteiger partial charge is 0.280 e. The molecule has 3 rings (SSSR count). The second-order valence-corrected chi connectivity index (χ2v) is 7.05. The lowest BCUT2D eigenvalue weighted by atomic mass is 10.0. The monoisotopic (exact) mass is 404 g/mol. The molecule has 9 heteroatoms. The van der Waals surface area contributed by atoms with Gasteiger partial charge in [0.15, 0.2) is 5.82 Å². The Bertz CT molecular complexity index is 994. The van der Waals surface area contributed by atoms with Crippen LogP contribution >= 0.6 is 11.3 Å². The van der Waals surface area contributed by atoms with Crippen molar-refractivity contribution < 1.29 is 18.7 Å². The third-order valence-electron chi connectivity index (χ3n) is 4.18. The summed E-state index contributed by atoms with van der Waals surface area (Å²) in [6, 6.07) is 6.08. The number of aryl methyl sites for hydroxylation is 2. The number of nitrogens with one attached hydrogen (secondary N) is 1. The fourth-order valence-electron chi connectivity index (χ4n) is 2.65. The highest BCUT2D eigenvalue weighted by atomic mass is 32.1. The number of hydrogen-bond donors (Lipinski definition) is 2. The van der Waals surface area contributed by atoms with Crippen LogP contribution in [0.15, 0.2) is 36.0 Å². The molecule has 0 spiro atoms. The number of carbonyl (C=O) groups excluding carboxylic acids is 1. The maximum Gasteiger partial charge on any atom is 0.280 e. The summed E-state index contributed by atoms with van der Waals surface area (Å²) in [4.78, 5) is 25.2. The lowest BCUT2D eigenvalue weighted by Gasteiger charge is -2.13. The van der Waals surface area contributed by atoms with Crippen LogP contribution in [0, 0.1) is 13.8 Å². The Kier molecular flexibility index (Phi) is 6.05. The number of carbonyl (C=O) groups is 1. The quantitative estimate of drug-likeness (QED) is 0.655. The third-order valence-corrected chi connectivity index (χ3v) is 5.21. The van der Waals surface area contributed by atoms with Gasteiger partial charge in [-0.25, -0.2) is 23.7 Å². The zero-order valence-corrected chi connectivity index (χ0v) is 16.0. The highest BCUT2D eigenvalue weighted by Crippen LogP contribution is 2.23. The number of aromatic nitrogens is 3. The topological polar surface area (TPSA) is 88.0 Å². The van der Waals surface area contributed by atoms with Gasteiger partial charge in [0.05, 0.1) is 16.1 Å². The minimum Gasteiger partial charge on any atom is -0.386 e. The van der Waals surface area contributed by atoms with E-state index in [-0.39, 0.29) is 24.0 Å². The van der Waals surface area contributed by atoms with Crippen molar-refractivity contribution in [3.63, 3.8) is 0 Å². The van der Waals surface area contributed by atoms with Crippen LogP contribution in [0.3, 0.4) is 0 Å². The molecule has 2 N–H and O–H groups in total. The molecule has 2 aromatic heterocycles. The van der Waals surface area contributed by atoms with Gasteiger partial charge in [-0.05, 0) is 31.5 Å². The number of aliphatic hydroxyl groups is 1. The summed E-state index contributed by atoms with van der Waals surface area (Å²) in [6.07, 6.45) is -2.30. The van der Waals surface area contributed by atoms with Crippen LogP contribution in [0.2, 0.25) is 0 Å². The van der Waals surface area contributed by atoms with Gasteiger partial charge in [-0.2, -0.15) is 0 Å². The number of rotatable bonds is 6. The van der Waals surface area contributed by atoms with E-state index in [4.69, 9.17) is 0 Å². The molecule has 0 bridgehead atoms. The largest absolute Gasteiger partial charge is 0.386 e. The molecule has 1 aromatic carbocycles. The summed E-state index contributed by atoms with van der Waals surface area (Å²) in [5.41, 5.74) is 3.50. The third kappa shape index (κ3) is 4.37. The molecule has 6 nitrogen and oxygen atoms in total. The maximum absolute atomic E-state index is 12.9. The molecule has 1 atom stereocenters. The van der Waals surface area contributed by atoms with Crippen molar-refractivity contribution in [1.29, 1.82) is 0 Å². The number of aliphatic hydroxyl groups excluding tert-OH is 1. The van der Waals surface area contributed by atoms with Gasteiger partial charge in [-0.15, -0.1) is 11.3 Å². The zero-order valence-electron chi connectivity index (χ0n) is 15.2. The fraction of sp³-hybridized carbons (Fsp3) is 0.263. The van der Waals surface area contributed by atoms with Crippen molar-refractivity contribution in [3.8, 4) is 11.4 Å². The lowest BCUT2D eigenvalue weighted by molar-refractivity contribution is 0.0917. The van der Waals surface area contributed by atoms with Gasteiger partial charge in [0.25, 0.3) is 12.3 Å². The molecule has 3 aromatic rings. The van der Waals surface area contributed by atoms with Crippen molar-refractivity contribution in [2.24, 2.45) is 0 Å². The van der Waals surface area contributed by atoms with Crippen LogP contribution in [-0.4, -0.2) is 32.5 Å². The van der Waals surface area contributed by atoms with Crippen molar-refractivity contribution in [1.82, 2.24) is 20.3 Å². The van der Waals surface area contributed by atoms with Crippen LogP contribution in [0.25, 0.3) is 11.4 Å². The molecule has 0 saturated carbocycles. The van der Waals surface area contributed by atoms with Gasteiger partial charge in [-0.1, -0.05) is 12.1 Å². The lowest BCUT2D eigenvalue weighted by Crippen LogP contribution is -2.29. The van der Waals surface area contributed by atoms with E-state index in [0.29, 0.717) is 21.6 Å². The number of amides is 1. The molecule has 0 radical (unpaired) electrons. The Morgan fingerprint density at radius 1 is 1.25 bits per heavy atom. The fourth-order valence-corrected chi connectivity index (χ4v) is 3.44. The summed E-state index contributed by atoms with van der Waals surface area (Å²) in [5, 5.41) is 12.9. The van der Waals surface area contributed by atoms with E-state index in [1.165, 1.54) is 17.5 Å². The second-order valence-electron chi connectivity index (χ2n) is 6.16. The summed E-state index contributed by atoms with van der Waals surface area (Å²) >= 11 is 1.32. The molecule has 0 fully saturated rings. The van der Waals surface area contributed by atoms with Crippen molar-refractivity contribution >= 4 is 17.2 Å². The number of nitrogens with zero attached hydrogens (tertiary/aromatic N) is 3. The average Bonchev–Trinajstić information content (AvgIpc) is 3.12. The first-order valence-corrected chi connectivity index (χ1v) is 9.33. The van der Waals surface area contributed by atoms with Crippen LogP contribution in [0.4, 0.5) is 8.78 Å². The Labute approximate surface area is 164 Å². The van der Waals surface area contributed by atoms with Crippen LogP contribution in [-0.2, 0) is 0 Å². The van der Waals surface area contributed by atoms with Crippen molar-refractivity contribution in [2.45, 2.75) is 26.4 Å². The highest BCUT2D eigenvalue weighted by molar-refractivity contribution is 7.09. The number of benzene rings is 1. The summed E-state index contributed by atoms with van der Waals surface area (Å²) in [5.74, 6) is -0.266. The van der Waals surface area contributed by atoms with Gasteiger partial charge < -0.3 is 10.4 Å². The molecule has 146 valence electrons. The van der Waals surface area contributed by atoms with E-state index in [2.05, 4.69) is 20.3 Å². The molecular formula is C19H18F2N4O2S. The Hall–Kier alpha value is -2.78. The number of alkyl halides is 2. The molecule has 0 aliphatic heterocycles. The normalized spacial score (nSPS) is 12.2. The van der Waals surface area contributed by atoms with Crippen molar-refractivity contribution in [3.05, 3.63) is 63.4 Å². The molecular weight excluding hydrogens is 386 g/mol. The first-order chi connectivity index (χ1) is 13.4. The van der Waals surface area contributed by atoms with Gasteiger partial charge in [0.1, 0.15) is 11.8 Å².